The van der Waals surface area contributed by atoms with Crippen molar-refractivity contribution in [2.24, 2.45) is 0 Å². The molecule has 1 aromatic carbocycles. The minimum atomic E-state index is -3.05. The minimum absolute atomic E-state index is 0.396. The summed E-state index contributed by atoms with van der Waals surface area (Å²) in [5.74, 6) is 0.791. The Bertz CT molecular complexity index is 441. The number of hydrogen-bond acceptors (Lipinski definition) is 2. The van der Waals surface area contributed by atoms with Gasteiger partial charge in [0.1, 0.15) is 0 Å². The molecule has 19 heavy (non-hydrogen) atoms. The molecule has 0 bridgehead atoms. The zero-order valence-electron chi connectivity index (χ0n) is 10.5. The summed E-state index contributed by atoms with van der Waals surface area (Å²) in [7, 11) is -3.05. The van der Waals surface area contributed by atoms with Gasteiger partial charge in [-0.15, -0.1) is 23.2 Å². The molecule has 2 rings (SSSR count). The Balaban J connectivity index is 2.26. The Morgan fingerprint density at radius 3 is 2.42 bits per heavy atom. The van der Waals surface area contributed by atoms with E-state index in [2.05, 4.69) is 0 Å². The van der Waals surface area contributed by atoms with Crippen LogP contribution in [0.25, 0.3) is 0 Å². The van der Waals surface area contributed by atoms with Crippen LogP contribution in [0.2, 0.25) is 0 Å². The first kappa shape index (κ1) is 15.1. The van der Waals surface area contributed by atoms with Crippen LogP contribution in [0.15, 0.2) is 30.3 Å². The molecule has 0 amide bonds. The van der Waals surface area contributed by atoms with Gasteiger partial charge in [0, 0.05) is 30.5 Å². The van der Waals surface area contributed by atoms with Crippen LogP contribution < -0.4 is 4.67 Å². The van der Waals surface area contributed by atoms with Crippen LogP contribution >= 0.6 is 30.9 Å². The Morgan fingerprint density at radius 1 is 1.21 bits per heavy atom. The molecule has 1 aromatic rings. The number of nitrogens with zero attached hydrogens (tertiary/aromatic N) is 2. The normalized spacial score (nSPS) is 23.2. The first-order valence-corrected chi connectivity index (χ1v) is 8.77. The van der Waals surface area contributed by atoms with E-state index in [0.717, 1.165) is 5.69 Å². The molecule has 1 aliphatic rings. The van der Waals surface area contributed by atoms with Crippen LogP contribution in [-0.4, -0.2) is 42.7 Å². The third-order valence-corrected chi connectivity index (χ3v) is 5.98. The lowest BCUT2D eigenvalue weighted by atomic mass is 10.3. The first-order chi connectivity index (χ1) is 9.22. The molecule has 0 spiro atoms. The molecular formula is C12H17Cl2N2O2P. The molecule has 0 N–H and O–H groups in total. The second kappa shape index (κ2) is 6.96. The van der Waals surface area contributed by atoms with Crippen LogP contribution in [0.5, 0.6) is 0 Å². The Kier molecular flexibility index (Phi) is 5.55. The highest BCUT2D eigenvalue weighted by molar-refractivity contribution is 7.58. The van der Waals surface area contributed by atoms with E-state index in [4.69, 9.17) is 27.7 Å². The molecular weight excluding hydrogens is 306 g/mol. The summed E-state index contributed by atoms with van der Waals surface area (Å²) >= 11 is 11.6. The fourth-order valence-electron chi connectivity index (χ4n) is 2.11. The quantitative estimate of drug-likeness (QED) is 0.593. The number of anilines is 1. The van der Waals surface area contributed by atoms with Crippen molar-refractivity contribution in [3.8, 4) is 0 Å². The van der Waals surface area contributed by atoms with E-state index in [9.17, 15) is 4.57 Å². The lowest BCUT2D eigenvalue weighted by Gasteiger charge is -2.33. The van der Waals surface area contributed by atoms with Gasteiger partial charge in [-0.3, -0.25) is 9.19 Å². The zero-order chi connectivity index (χ0) is 13.7. The summed E-state index contributed by atoms with van der Waals surface area (Å²) in [6.45, 7) is 2.05. The lowest BCUT2D eigenvalue weighted by molar-refractivity contribution is 0.303. The average Bonchev–Trinajstić information content (AvgIpc) is 2.83. The average molecular weight is 323 g/mol. The number of alkyl halides is 2. The second-order valence-corrected chi connectivity index (χ2v) is 7.16. The Labute approximate surface area is 123 Å². The van der Waals surface area contributed by atoms with E-state index in [1.165, 1.54) is 0 Å². The molecule has 106 valence electrons. The Morgan fingerprint density at radius 2 is 1.84 bits per heavy atom. The molecule has 0 aromatic heterocycles. The molecule has 0 radical (unpaired) electrons. The van der Waals surface area contributed by atoms with Crippen LogP contribution in [0.4, 0.5) is 5.69 Å². The summed E-state index contributed by atoms with van der Waals surface area (Å²) in [6, 6.07) is 9.64. The van der Waals surface area contributed by atoms with E-state index in [1.54, 1.807) is 4.67 Å². The maximum atomic E-state index is 13.1. The van der Waals surface area contributed by atoms with Gasteiger partial charge in [-0.05, 0) is 12.1 Å². The molecule has 7 heteroatoms. The lowest BCUT2D eigenvalue weighted by Crippen LogP contribution is -2.31. The van der Waals surface area contributed by atoms with Gasteiger partial charge in [0.15, 0.2) is 0 Å². The summed E-state index contributed by atoms with van der Waals surface area (Å²) < 4.78 is 22.3. The summed E-state index contributed by atoms with van der Waals surface area (Å²) in [5, 5.41) is 0. The fourth-order valence-corrected chi connectivity index (χ4v) is 5.15. The highest BCUT2D eigenvalue weighted by atomic mass is 35.5. The first-order valence-electron chi connectivity index (χ1n) is 6.17. The van der Waals surface area contributed by atoms with Gasteiger partial charge < -0.3 is 0 Å². The molecule has 0 unspecified atom stereocenters. The second-order valence-electron chi connectivity index (χ2n) is 4.11. The highest BCUT2D eigenvalue weighted by Gasteiger charge is 2.42. The standard InChI is InChI=1S/C12H17Cl2N2O2P/c13-6-8-15(9-7-14)19(17)16(10-11-18-19)12-4-2-1-3-5-12/h1-5H,6-11H2/t19-/m1/s1. The number of para-hydroxylation sites is 1. The van der Waals surface area contributed by atoms with Crippen molar-refractivity contribution in [3.63, 3.8) is 0 Å². The fraction of sp³-hybridized carbons (Fsp3) is 0.500. The Hall–Kier alpha value is -0.250. The maximum Gasteiger partial charge on any atom is 0.371 e. The third-order valence-electron chi connectivity index (χ3n) is 2.96. The minimum Gasteiger partial charge on any atom is -0.300 e. The van der Waals surface area contributed by atoms with Crippen LogP contribution in [0.3, 0.4) is 0 Å². The number of rotatable bonds is 6. The third kappa shape index (κ3) is 3.26. The van der Waals surface area contributed by atoms with Crippen molar-refractivity contribution in [2.45, 2.75) is 0 Å². The molecule has 0 aliphatic carbocycles. The van der Waals surface area contributed by atoms with Crippen LogP contribution in [-0.2, 0) is 9.09 Å². The predicted molar refractivity (Wildman–Crippen MR) is 80.4 cm³/mol. The molecule has 1 fully saturated rings. The zero-order valence-corrected chi connectivity index (χ0v) is 12.9. The smallest absolute Gasteiger partial charge is 0.300 e. The van der Waals surface area contributed by atoms with Crippen LogP contribution in [0, 0.1) is 0 Å². The predicted octanol–water partition coefficient (Wildman–Crippen LogP) is 3.41. The maximum absolute atomic E-state index is 13.1. The van der Waals surface area contributed by atoms with Crippen molar-refractivity contribution in [1.29, 1.82) is 0 Å². The molecule has 1 atom stereocenters. The van der Waals surface area contributed by atoms with Crippen molar-refractivity contribution in [2.75, 3.05) is 42.7 Å². The number of benzene rings is 1. The van der Waals surface area contributed by atoms with Gasteiger partial charge in [-0.25, -0.2) is 9.24 Å². The summed E-state index contributed by atoms with van der Waals surface area (Å²) in [5.41, 5.74) is 0.900. The number of halogens is 2. The largest absolute Gasteiger partial charge is 0.371 e. The van der Waals surface area contributed by atoms with Gasteiger partial charge >= 0.3 is 7.67 Å². The molecule has 1 heterocycles. The summed E-state index contributed by atoms with van der Waals surface area (Å²) in [4.78, 5) is 0. The monoisotopic (exact) mass is 322 g/mol. The van der Waals surface area contributed by atoms with Crippen molar-refractivity contribution in [3.05, 3.63) is 30.3 Å². The molecule has 4 nitrogen and oxygen atoms in total. The van der Waals surface area contributed by atoms with Gasteiger partial charge in [0.2, 0.25) is 0 Å². The van der Waals surface area contributed by atoms with E-state index in [-0.39, 0.29) is 0 Å². The SMILES string of the molecule is O=[P@]1(N(CCCl)CCCl)OCCN1c1ccccc1. The van der Waals surface area contributed by atoms with Crippen LogP contribution in [0.1, 0.15) is 0 Å². The molecule has 0 saturated carbocycles. The highest BCUT2D eigenvalue weighted by Crippen LogP contribution is 2.58. The van der Waals surface area contributed by atoms with Gasteiger partial charge in [-0.1, -0.05) is 18.2 Å². The van der Waals surface area contributed by atoms with Crippen molar-refractivity contribution in [1.82, 2.24) is 4.67 Å². The van der Waals surface area contributed by atoms with Gasteiger partial charge in [0.05, 0.1) is 13.2 Å². The van der Waals surface area contributed by atoms with E-state index < -0.39 is 7.67 Å². The van der Waals surface area contributed by atoms with E-state index in [0.29, 0.717) is 38.0 Å². The number of hydrogen-bond donors (Lipinski definition) is 0. The van der Waals surface area contributed by atoms with Gasteiger partial charge in [0.25, 0.3) is 0 Å². The van der Waals surface area contributed by atoms with E-state index in [1.807, 2.05) is 35.0 Å². The topological polar surface area (TPSA) is 32.8 Å². The van der Waals surface area contributed by atoms with Crippen molar-refractivity contribution < 1.29 is 9.09 Å². The van der Waals surface area contributed by atoms with Crippen molar-refractivity contribution >= 4 is 36.6 Å². The van der Waals surface area contributed by atoms with E-state index >= 15 is 0 Å². The summed E-state index contributed by atoms with van der Waals surface area (Å²) in [6.07, 6.45) is 0. The molecule has 1 saturated heterocycles. The van der Waals surface area contributed by atoms with Gasteiger partial charge in [-0.2, -0.15) is 0 Å². The molecule has 1 aliphatic heterocycles.